The molecule has 7 nitrogen and oxygen atoms in total. The third kappa shape index (κ3) is 3.96. The van der Waals surface area contributed by atoms with Crippen molar-refractivity contribution >= 4 is 17.5 Å². The number of likely N-dealkylation sites (tertiary alicyclic amines) is 1. The van der Waals surface area contributed by atoms with E-state index in [0.717, 1.165) is 28.8 Å². The Labute approximate surface area is 205 Å². The minimum Gasteiger partial charge on any atom is -0.394 e. The summed E-state index contributed by atoms with van der Waals surface area (Å²) in [7, 11) is 5.50. The molecule has 1 fully saturated rings. The molecular formula is C28H30N4O3. The van der Waals surface area contributed by atoms with Crippen molar-refractivity contribution in [3.63, 3.8) is 0 Å². The van der Waals surface area contributed by atoms with Gasteiger partial charge in [0.25, 0.3) is 11.8 Å². The van der Waals surface area contributed by atoms with E-state index in [1.54, 1.807) is 37.3 Å². The number of aliphatic hydroxyl groups excluding tert-OH is 1. The van der Waals surface area contributed by atoms with Crippen LogP contribution in [0.15, 0.2) is 66.9 Å². The van der Waals surface area contributed by atoms with E-state index >= 15 is 0 Å². The Hall–Kier alpha value is -3.71. The van der Waals surface area contributed by atoms with Gasteiger partial charge in [0.15, 0.2) is 0 Å². The SMILES string of the molecule is CN(C)C(=O)c1ccc(-c2ccc3c(c2)[C@H]2[C@H](CCN2C(=O)c2ccccn2)[C@@H](CO)N3C)cc1. The maximum Gasteiger partial charge on any atom is 0.272 e. The van der Waals surface area contributed by atoms with E-state index in [1.165, 1.54) is 0 Å². The van der Waals surface area contributed by atoms with Gasteiger partial charge in [0.05, 0.1) is 18.7 Å². The van der Waals surface area contributed by atoms with Crippen molar-refractivity contribution in [1.29, 1.82) is 0 Å². The molecule has 180 valence electrons. The summed E-state index contributed by atoms with van der Waals surface area (Å²) in [5.41, 5.74) is 5.22. The fourth-order valence-electron chi connectivity index (χ4n) is 5.56. The largest absolute Gasteiger partial charge is 0.394 e. The molecule has 0 radical (unpaired) electrons. The first-order chi connectivity index (χ1) is 16.9. The molecule has 7 heteroatoms. The number of hydrogen-bond donors (Lipinski definition) is 1. The molecule has 2 amide bonds. The molecule has 1 saturated heterocycles. The summed E-state index contributed by atoms with van der Waals surface area (Å²) in [5.74, 6) is 0.0129. The van der Waals surface area contributed by atoms with E-state index in [-0.39, 0.29) is 36.4 Å². The molecular weight excluding hydrogens is 440 g/mol. The van der Waals surface area contributed by atoms with Gasteiger partial charge in [0, 0.05) is 51.1 Å². The first-order valence-electron chi connectivity index (χ1n) is 11.9. The lowest BCUT2D eigenvalue weighted by molar-refractivity contribution is 0.0688. The van der Waals surface area contributed by atoms with E-state index in [0.29, 0.717) is 17.8 Å². The molecule has 0 saturated carbocycles. The second-order valence-electron chi connectivity index (χ2n) is 9.52. The fraction of sp³-hybridized carbons (Fsp3) is 0.321. The van der Waals surface area contributed by atoms with Crippen molar-refractivity contribution in [3.05, 3.63) is 83.7 Å². The molecule has 0 bridgehead atoms. The van der Waals surface area contributed by atoms with Gasteiger partial charge in [-0.1, -0.05) is 24.3 Å². The standard InChI is InChI=1S/C28H30N4O3/c1-30(2)27(34)19-9-7-18(8-10-19)20-11-12-24-22(16-20)26-21(25(17-33)31(24)3)13-15-32(26)28(35)23-6-4-5-14-29-23/h4-12,14,16,21,25-26,33H,13,15,17H2,1-3H3/t21-,25-,26-/m1/s1. The van der Waals surface area contributed by atoms with Gasteiger partial charge < -0.3 is 19.8 Å². The average Bonchev–Trinajstić information content (AvgIpc) is 3.33. The number of carbonyl (C=O) groups excluding carboxylic acids is 2. The zero-order valence-electron chi connectivity index (χ0n) is 20.3. The molecule has 2 aliphatic heterocycles. The number of anilines is 1. The molecule has 2 aliphatic rings. The van der Waals surface area contributed by atoms with Crippen LogP contribution in [0.5, 0.6) is 0 Å². The van der Waals surface area contributed by atoms with Gasteiger partial charge in [-0.3, -0.25) is 14.6 Å². The first-order valence-corrected chi connectivity index (χ1v) is 11.9. The number of aliphatic hydroxyl groups is 1. The number of amides is 2. The predicted molar refractivity (Wildman–Crippen MR) is 135 cm³/mol. The van der Waals surface area contributed by atoms with Crippen LogP contribution in [0.4, 0.5) is 5.69 Å². The van der Waals surface area contributed by atoms with Crippen molar-refractivity contribution in [2.45, 2.75) is 18.5 Å². The Morgan fingerprint density at radius 3 is 2.46 bits per heavy atom. The van der Waals surface area contributed by atoms with Crippen molar-refractivity contribution < 1.29 is 14.7 Å². The lowest BCUT2D eigenvalue weighted by Crippen LogP contribution is -2.48. The number of pyridine rings is 1. The topological polar surface area (TPSA) is 77.0 Å². The monoisotopic (exact) mass is 470 g/mol. The van der Waals surface area contributed by atoms with E-state index < -0.39 is 0 Å². The Bertz CT molecular complexity index is 1240. The summed E-state index contributed by atoms with van der Waals surface area (Å²) >= 11 is 0. The van der Waals surface area contributed by atoms with Crippen LogP contribution in [-0.2, 0) is 0 Å². The molecule has 1 N–H and O–H groups in total. The number of rotatable bonds is 4. The maximum absolute atomic E-state index is 13.5. The Morgan fingerprint density at radius 2 is 1.80 bits per heavy atom. The van der Waals surface area contributed by atoms with Crippen molar-refractivity contribution in [3.8, 4) is 11.1 Å². The summed E-state index contributed by atoms with van der Waals surface area (Å²) in [6.07, 6.45) is 2.46. The third-order valence-electron chi connectivity index (χ3n) is 7.37. The van der Waals surface area contributed by atoms with Crippen LogP contribution in [0.1, 0.15) is 38.9 Å². The van der Waals surface area contributed by atoms with Crippen LogP contribution in [-0.4, -0.2) is 72.0 Å². The molecule has 35 heavy (non-hydrogen) atoms. The van der Waals surface area contributed by atoms with Gasteiger partial charge in [-0.15, -0.1) is 0 Å². The van der Waals surface area contributed by atoms with Crippen molar-refractivity contribution in [2.24, 2.45) is 5.92 Å². The quantitative estimate of drug-likeness (QED) is 0.632. The lowest BCUT2D eigenvalue weighted by Gasteiger charge is -2.44. The zero-order valence-corrected chi connectivity index (χ0v) is 20.3. The summed E-state index contributed by atoms with van der Waals surface area (Å²) in [6, 6.07) is 19.1. The Morgan fingerprint density at radius 1 is 1.06 bits per heavy atom. The molecule has 2 aromatic carbocycles. The van der Waals surface area contributed by atoms with Gasteiger partial charge in [-0.25, -0.2) is 0 Å². The molecule has 0 spiro atoms. The normalized spacial score (nSPS) is 20.9. The lowest BCUT2D eigenvalue weighted by atomic mass is 9.81. The summed E-state index contributed by atoms with van der Waals surface area (Å²) in [4.78, 5) is 35.6. The number of fused-ring (bicyclic) bond motifs is 3. The zero-order chi connectivity index (χ0) is 24.7. The second-order valence-corrected chi connectivity index (χ2v) is 9.52. The number of nitrogens with zero attached hydrogens (tertiary/aromatic N) is 4. The number of likely N-dealkylation sites (N-methyl/N-ethyl adjacent to an activating group) is 1. The van der Waals surface area contributed by atoms with Gasteiger partial charge in [-0.05, 0) is 59.5 Å². The maximum atomic E-state index is 13.5. The number of hydrogen-bond acceptors (Lipinski definition) is 5. The highest BCUT2D eigenvalue weighted by atomic mass is 16.3. The van der Waals surface area contributed by atoms with Gasteiger partial charge in [-0.2, -0.15) is 0 Å². The molecule has 1 aromatic heterocycles. The highest BCUT2D eigenvalue weighted by molar-refractivity contribution is 5.94. The van der Waals surface area contributed by atoms with E-state index in [4.69, 9.17) is 0 Å². The summed E-state index contributed by atoms with van der Waals surface area (Å²) in [6.45, 7) is 0.659. The molecule has 5 rings (SSSR count). The molecule has 0 unspecified atom stereocenters. The van der Waals surface area contributed by atoms with Crippen LogP contribution in [0, 0.1) is 5.92 Å². The van der Waals surface area contributed by atoms with Crippen LogP contribution in [0.2, 0.25) is 0 Å². The van der Waals surface area contributed by atoms with Crippen LogP contribution < -0.4 is 4.90 Å². The molecule has 3 atom stereocenters. The highest BCUT2D eigenvalue weighted by Gasteiger charge is 2.48. The number of aromatic nitrogens is 1. The average molecular weight is 471 g/mol. The minimum absolute atomic E-state index is 0.0314. The van der Waals surface area contributed by atoms with Crippen LogP contribution in [0.3, 0.4) is 0 Å². The van der Waals surface area contributed by atoms with Gasteiger partial charge >= 0.3 is 0 Å². The minimum atomic E-state index is -0.137. The van der Waals surface area contributed by atoms with Crippen LogP contribution in [0.25, 0.3) is 11.1 Å². The molecule has 3 aromatic rings. The van der Waals surface area contributed by atoms with Gasteiger partial charge in [0.1, 0.15) is 5.69 Å². The smallest absolute Gasteiger partial charge is 0.272 e. The predicted octanol–water partition coefficient (Wildman–Crippen LogP) is 3.46. The van der Waals surface area contributed by atoms with E-state index in [2.05, 4.69) is 28.1 Å². The summed E-state index contributed by atoms with van der Waals surface area (Å²) < 4.78 is 0. The third-order valence-corrected chi connectivity index (χ3v) is 7.37. The molecule has 3 heterocycles. The first kappa shape index (κ1) is 23.1. The Kier molecular flexibility index (Phi) is 6.03. The van der Waals surface area contributed by atoms with Crippen molar-refractivity contribution in [1.82, 2.24) is 14.8 Å². The van der Waals surface area contributed by atoms with Crippen molar-refractivity contribution in [2.75, 3.05) is 39.2 Å². The van der Waals surface area contributed by atoms with Crippen LogP contribution >= 0.6 is 0 Å². The number of benzene rings is 2. The van der Waals surface area contributed by atoms with Gasteiger partial charge in [0.2, 0.25) is 0 Å². The highest BCUT2D eigenvalue weighted by Crippen LogP contribution is 2.49. The second kappa shape index (κ2) is 9.15. The Balaban J connectivity index is 1.55. The van der Waals surface area contributed by atoms with E-state index in [1.807, 2.05) is 42.3 Å². The summed E-state index contributed by atoms with van der Waals surface area (Å²) in [5, 5.41) is 10.2. The fourth-order valence-corrected chi connectivity index (χ4v) is 5.56. The molecule has 0 aliphatic carbocycles. The number of carbonyl (C=O) groups is 2. The van der Waals surface area contributed by atoms with E-state index in [9.17, 15) is 14.7 Å².